The van der Waals surface area contributed by atoms with Crippen LogP contribution in [0.25, 0.3) is 0 Å². The first-order valence-corrected chi connectivity index (χ1v) is 11.7. The van der Waals surface area contributed by atoms with Gasteiger partial charge in [0.2, 0.25) is 0 Å². The van der Waals surface area contributed by atoms with Gasteiger partial charge in [-0.1, -0.05) is 12.8 Å². The topological polar surface area (TPSA) is 58.1 Å². The molecule has 156 valence electrons. The van der Waals surface area contributed by atoms with Crippen LogP contribution in [0.15, 0.2) is 4.99 Å². The van der Waals surface area contributed by atoms with E-state index in [0.29, 0.717) is 5.41 Å². The standard InChI is InChI=1S/C20H38N4O2S/c1-21-18(22-15-19(7-11-25-2)5-3-4-6-19)23-16-20(8-14-27-17-20)24-9-12-26-13-10-24/h3-17H2,1-2H3,(H2,21,22,23). The van der Waals surface area contributed by atoms with Crippen molar-refractivity contribution in [3.8, 4) is 0 Å². The van der Waals surface area contributed by atoms with Crippen LogP contribution in [-0.2, 0) is 9.47 Å². The van der Waals surface area contributed by atoms with Crippen LogP contribution in [0, 0.1) is 5.41 Å². The largest absolute Gasteiger partial charge is 0.385 e. The summed E-state index contributed by atoms with van der Waals surface area (Å²) in [5.41, 5.74) is 0.617. The van der Waals surface area contributed by atoms with E-state index >= 15 is 0 Å². The van der Waals surface area contributed by atoms with E-state index < -0.39 is 0 Å². The zero-order valence-corrected chi connectivity index (χ0v) is 18.0. The van der Waals surface area contributed by atoms with E-state index in [-0.39, 0.29) is 5.54 Å². The van der Waals surface area contributed by atoms with Crippen molar-refractivity contribution in [2.75, 3.05) is 71.7 Å². The summed E-state index contributed by atoms with van der Waals surface area (Å²) in [7, 11) is 3.69. The smallest absolute Gasteiger partial charge is 0.191 e. The van der Waals surface area contributed by atoms with Gasteiger partial charge in [-0.3, -0.25) is 9.89 Å². The lowest BCUT2D eigenvalue weighted by molar-refractivity contribution is -0.0120. The zero-order valence-electron chi connectivity index (χ0n) is 17.2. The van der Waals surface area contributed by atoms with Crippen LogP contribution in [-0.4, -0.2) is 88.1 Å². The summed E-state index contributed by atoms with van der Waals surface area (Å²) in [6.07, 6.45) is 7.67. The van der Waals surface area contributed by atoms with Gasteiger partial charge in [0, 0.05) is 58.2 Å². The van der Waals surface area contributed by atoms with Gasteiger partial charge in [0.25, 0.3) is 0 Å². The lowest BCUT2D eigenvalue weighted by Gasteiger charge is -2.43. The molecule has 2 heterocycles. The van der Waals surface area contributed by atoms with E-state index in [2.05, 4.69) is 32.3 Å². The first-order valence-electron chi connectivity index (χ1n) is 10.6. The number of methoxy groups -OCH3 is 1. The molecule has 3 aliphatic rings. The quantitative estimate of drug-likeness (QED) is 0.481. The van der Waals surface area contributed by atoms with Gasteiger partial charge in [-0.15, -0.1) is 0 Å². The Bertz CT molecular complexity index is 471. The molecule has 3 rings (SSSR count). The number of nitrogens with one attached hydrogen (secondary N) is 2. The van der Waals surface area contributed by atoms with Crippen molar-refractivity contribution in [1.29, 1.82) is 0 Å². The molecular formula is C20H38N4O2S. The van der Waals surface area contributed by atoms with Gasteiger partial charge in [0.15, 0.2) is 5.96 Å². The fourth-order valence-corrected chi connectivity index (χ4v) is 6.31. The highest BCUT2D eigenvalue weighted by atomic mass is 32.2. The van der Waals surface area contributed by atoms with Crippen LogP contribution in [0.4, 0.5) is 0 Å². The second-order valence-electron chi connectivity index (χ2n) is 8.36. The van der Waals surface area contributed by atoms with E-state index in [9.17, 15) is 0 Å². The summed E-state index contributed by atoms with van der Waals surface area (Å²) in [6, 6.07) is 0. The van der Waals surface area contributed by atoms with Crippen LogP contribution in [0.2, 0.25) is 0 Å². The van der Waals surface area contributed by atoms with Gasteiger partial charge in [-0.25, -0.2) is 0 Å². The molecule has 0 aromatic carbocycles. The van der Waals surface area contributed by atoms with Crippen molar-refractivity contribution in [3.63, 3.8) is 0 Å². The molecule has 0 bridgehead atoms. The predicted octanol–water partition coefficient (Wildman–Crippen LogP) is 1.96. The molecule has 0 aromatic heterocycles. The Hall–Kier alpha value is -0.500. The third kappa shape index (κ3) is 5.52. The van der Waals surface area contributed by atoms with E-state index in [1.165, 1.54) is 43.6 Å². The predicted molar refractivity (Wildman–Crippen MR) is 114 cm³/mol. The molecule has 1 aliphatic carbocycles. The van der Waals surface area contributed by atoms with Crippen LogP contribution in [0.5, 0.6) is 0 Å². The first-order chi connectivity index (χ1) is 13.2. The normalized spacial score (nSPS) is 29.2. The van der Waals surface area contributed by atoms with Gasteiger partial charge < -0.3 is 20.1 Å². The Labute approximate surface area is 169 Å². The fraction of sp³-hybridized carbons (Fsp3) is 0.950. The van der Waals surface area contributed by atoms with E-state index in [1.54, 1.807) is 7.11 Å². The molecule has 2 saturated heterocycles. The number of guanidine groups is 1. The Balaban J connectivity index is 1.53. The van der Waals surface area contributed by atoms with Gasteiger partial charge in [-0.2, -0.15) is 11.8 Å². The van der Waals surface area contributed by atoms with Crippen molar-refractivity contribution < 1.29 is 9.47 Å². The number of aliphatic imine (C=N–C) groups is 1. The minimum atomic E-state index is 0.243. The monoisotopic (exact) mass is 398 g/mol. The molecule has 0 radical (unpaired) electrons. The minimum absolute atomic E-state index is 0.243. The Morgan fingerprint density at radius 1 is 1.15 bits per heavy atom. The number of thioether (sulfide) groups is 1. The van der Waals surface area contributed by atoms with E-state index in [1.807, 2.05) is 7.05 Å². The number of morpholine rings is 1. The molecule has 1 saturated carbocycles. The molecule has 2 aliphatic heterocycles. The van der Waals surface area contributed by atoms with Gasteiger partial charge in [0.1, 0.15) is 0 Å². The molecule has 0 spiro atoms. The van der Waals surface area contributed by atoms with Gasteiger partial charge in [0.05, 0.1) is 13.2 Å². The van der Waals surface area contributed by atoms with Crippen molar-refractivity contribution >= 4 is 17.7 Å². The van der Waals surface area contributed by atoms with E-state index in [4.69, 9.17) is 9.47 Å². The molecule has 7 heteroatoms. The second-order valence-corrected chi connectivity index (χ2v) is 9.46. The van der Waals surface area contributed by atoms with Crippen molar-refractivity contribution in [2.45, 2.75) is 44.1 Å². The highest BCUT2D eigenvalue weighted by Gasteiger charge is 2.41. The number of ether oxygens (including phenoxy) is 2. The number of hydrogen-bond acceptors (Lipinski definition) is 5. The Morgan fingerprint density at radius 2 is 1.89 bits per heavy atom. The molecule has 0 aromatic rings. The molecular weight excluding hydrogens is 360 g/mol. The van der Waals surface area contributed by atoms with E-state index in [0.717, 1.165) is 58.4 Å². The number of nitrogens with zero attached hydrogens (tertiary/aromatic N) is 2. The average Bonchev–Trinajstić information content (AvgIpc) is 3.38. The minimum Gasteiger partial charge on any atom is -0.385 e. The lowest BCUT2D eigenvalue weighted by atomic mass is 9.83. The SMILES string of the molecule is CN=C(NCC1(CCOC)CCCC1)NCC1(N2CCOCC2)CCSC1. The average molecular weight is 399 g/mol. The maximum atomic E-state index is 5.57. The molecule has 3 fully saturated rings. The maximum Gasteiger partial charge on any atom is 0.191 e. The van der Waals surface area contributed by atoms with Crippen LogP contribution in [0.3, 0.4) is 0 Å². The molecule has 27 heavy (non-hydrogen) atoms. The Kier molecular flexibility index (Phi) is 8.11. The van der Waals surface area contributed by atoms with Gasteiger partial charge >= 0.3 is 0 Å². The molecule has 2 N–H and O–H groups in total. The maximum absolute atomic E-state index is 5.57. The Morgan fingerprint density at radius 3 is 2.52 bits per heavy atom. The van der Waals surface area contributed by atoms with Crippen molar-refractivity contribution in [3.05, 3.63) is 0 Å². The molecule has 6 nitrogen and oxygen atoms in total. The molecule has 1 unspecified atom stereocenters. The summed E-state index contributed by atoms with van der Waals surface area (Å²) in [4.78, 5) is 7.16. The summed E-state index contributed by atoms with van der Waals surface area (Å²) in [5, 5.41) is 7.30. The van der Waals surface area contributed by atoms with Crippen molar-refractivity contribution in [2.24, 2.45) is 10.4 Å². The fourth-order valence-electron chi connectivity index (χ4n) is 4.83. The molecule has 1 atom stereocenters. The highest BCUT2D eigenvalue weighted by Crippen LogP contribution is 2.40. The second kappa shape index (κ2) is 10.3. The third-order valence-corrected chi connectivity index (χ3v) is 7.94. The third-order valence-electron chi connectivity index (χ3n) is 6.70. The summed E-state index contributed by atoms with van der Waals surface area (Å²) in [6.45, 7) is 6.64. The highest BCUT2D eigenvalue weighted by molar-refractivity contribution is 7.99. The summed E-state index contributed by atoms with van der Waals surface area (Å²) in [5.74, 6) is 3.41. The number of rotatable bonds is 8. The molecule has 0 amide bonds. The van der Waals surface area contributed by atoms with Crippen LogP contribution >= 0.6 is 11.8 Å². The lowest BCUT2D eigenvalue weighted by Crippen LogP contribution is -2.60. The van der Waals surface area contributed by atoms with Crippen molar-refractivity contribution in [1.82, 2.24) is 15.5 Å². The van der Waals surface area contributed by atoms with Crippen LogP contribution < -0.4 is 10.6 Å². The summed E-state index contributed by atoms with van der Waals surface area (Å²) < 4.78 is 10.9. The van der Waals surface area contributed by atoms with Crippen LogP contribution in [0.1, 0.15) is 38.5 Å². The zero-order chi connectivity index (χ0) is 19.0. The first kappa shape index (κ1) is 21.2. The number of hydrogen-bond donors (Lipinski definition) is 2. The summed E-state index contributed by atoms with van der Waals surface area (Å²) >= 11 is 2.08. The van der Waals surface area contributed by atoms with Gasteiger partial charge in [-0.05, 0) is 36.9 Å².